The Morgan fingerprint density at radius 3 is 2.62 bits per heavy atom. The number of imide groups is 1. The van der Waals surface area contributed by atoms with Gasteiger partial charge in [0.25, 0.3) is 11.8 Å². The lowest BCUT2D eigenvalue weighted by Crippen LogP contribution is -2.43. The summed E-state index contributed by atoms with van der Waals surface area (Å²) in [5.74, 6) is -1.32. The van der Waals surface area contributed by atoms with Gasteiger partial charge in [0.05, 0.1) is 5.69 Å². The zero-order chi connectivity index (χ0) is 20.7. The minimum absolute atomic E-state index is 0.194. The van der Waals surface area contributed by atoms with Crippen molar-refractivity contribution in [1.82, 2.24) is 5.01 Å². The van der Waals surface area contributed by atoms with Crippen molar-refractivity contribution in [3.8, 4) is 0 Å². The summed E-state index contributed by atoms with van der Waals surface area (Å²) in [6.07, 6.45) is 0. The molecule has 4 rings (SSSR count). The van der Waals surface area contributed by atoms with Crippen molar-refractivity contribution in [3.05, 3.63) is 58.6 Å². The van der Waals surface area contributed by atoms with Crippen LogP contribution in [-0.2, 0) is 14.4 Å². The van der Waals surface area contributed by atoms with Gasteiger partial charge >= 0.3 is 0 Å². The van der Waals surface area contributed by atoms with Crippen LogP contribution in [0.1, 0.15) is 11.1 Å². The number of amides is 3. The molecule has 1 saturated heterocycles. The summed E-state index contributed by atoms with van der Waals surface area (Å²) >= 11 is 5.98. The number of anilines is 2. The molecule has 2 aromatic carbocycles. The number of carbonyl (C=O) groups is 3. The molecule has 0 radical (unpaired) electrons. The smallest absolute Gasteiger partial charge is 0.263 e. The fourth-order valence-electron chi connectivity index (χ4n) is 3.39. The maximum atomic E-state index is 12.9. The fourth-order valence-corrected chi connectivity index (χ4v) is 3.57. The van der Waals surface area contributed by atoms with Crippen LogP contribution in [0.2, 0.25) is 5.02 Å². The van der Waals surface area contributed by atoms with E-state index in [0.717, 1.165) is 16.0 Å². The molecular formula is C20H18ClN5O3. The number of rotatable bonds is 4. The number of nitrogens with zero attached hydrogens (tertiary/aromatic N) is 4. The number of aryl methyl sites for hydroxylation is 2. The van der Waals surface area contributed by atoms with Crippen LogP contribution in [-0.4, -0.2) is 41.4 Å². The number of carbonyl (C=O) groups excluding carboxylic acids is 3. The Kier molecular flexibility index (Phi) is 4.79. The zero-order valence-corrected chi connectivity index (χ0v) is 16.6. The zero-order valence-electron chi connectivity index (χ0n) is 15.8. The van der Waals surface area contributed by atoms with E-state index < -0.39 is 23.9 Å². The van der Waals surface area contributed by atoms with Gasteiger partial charge in [-0.25, -0.2) is 4.90 Å². The maximum Gasteiger partial charge on any atom is 0.263 e. The van der Waals surface area contributed by atoms with Crippen molar-refractivity contribution in [2.45, 2.75) is 25.9 Å². The van der Waals surface area contributed by atoms with Gasteiger partial charge in [0, 0.05) is 10.7 Å². The maximum absolute atomic E-state index is 12.9. The van der Waals surface area contributed by atoms with Gasteiger partial charge in [-0.2, -0.15) is 5.11 Å². The van der Waals surface area contributed by atoms with Crippen molar-refractivity contribution in [1.29, 1.82) is 0 Å². The van der Waals surface area contributed by atoms with Crippen molar-refractivity contribution in [3.63, 3.8) is 0 Å². The van der Waals surface area contributed by atoms with Crippen LogP contribution in [0.4, 0.5) is 11.4 Å². The minimum atomic E-state index is -0.962. The number of hydrogen-bond acceptors (Lipinski definition) is 6. The first-order chi connectivity index (χ1) is 13.8. The topological polar surface area (TPSA) is 94.4 Å². The van der Waals surface area contributed by atoms with E-state index in [-0.39, 0.29) is 12.5 Å². The van der Waals surface area contributed by atoms with Crippen molar-refractivity contribution >= 4 is 40.7 Å². The van der Waals surface area contributed by atoms with Gasteiger partial charge in [-0.05, 0) is 55.3 Å². The Bertz CT molecular complexity index is 1050. The summed E-state index contributed by atoms with van der Waals surface area (Å²) in [5, 5.41) is 12.3. The summed E-state index contributed by atoms with van der Waals surface area (Å²) in [5.41, 5.74) is 3.20. The Labute approximate surface area is 172 Å². The summed E-state index contributed by atoms with van der Waals surface area (Å²) < 4.78 is 0. The van der Waals surface area contributed by atoms with E-state index in [1.54, 1.807) is 24.3 Å². The highest BCUT2D eigenvalue weighted by molar-refractivity contribution is 6.31. The third-order valence-corrected chi connectivity index (χ3v) is 5.26. The lowest BCUT2D eigenvalue weighted by atomic mass is 10.1. The van der Waals surface area contributed by atoms with Crippen LogP contribution in [0.25, 0.3) is 0 Å². The molecular weight excluding hydrogens is 394 g/mol. The number of benzene rings is 2. The molecule has 2 heterocycles. The molecule has 1 N–H and O–H groups in total. The van der Waals surface area contributed by atoms with Crippen LogP contribution in [0.3, 0.4) is 0 Å². The number of hydrogen-bond donors (Lipinski definition) is 1. The summed E-state index contributed by atoms with van der Waals surface area (Å²) in [6.45, 7) is 3.75. The molecule has 148 valence electrons. The van der Waals surface area contributed by atoms with E-state index in [1.165, 1.54) is 11.1 Å². The Balaban J connectivity index is 1.49. The molecule has 2 atom stereocenters. The van der Waals surface area contributed by atoms with Gasteiger partial charge in [-0.1, -0.05) is 29.0 Å². The summed E-state index contributed by atoms with van der Waals surface area (Å²) in [6, 6.07) is 10.2. The summed E-state index contributed by atoms with van der Waals surface area (Å²) in [7, 11) is 0. The van der Waals surface area contributed by atoms with E-state index in [1.807, 2.05) is 26.0 Å². The van der Waals surface area contributed by atoms with Gasteiger partial charge in [0.1, 0.15) is 6.54 Å². The van der Waals surface area contributed by atoms with E-state index in [0.29, 0.717) is 16.4 Å². The standard InChI is InChI=1S/C20H18ClN5O3/c1-11-6-7-14(8-12(11)2)22-16(27)10-25-18-17(23-24-25)19(28)26(20(18)29)15-5-3-4-13(21)9-15/h3-9,17-18H,10H2,1-2H3,(H,22,27). The molecule has 0 aromatic heterocycles. The number of fused-ring (bicyclic) bond motifs is 1. The third kappa shape index (κ3) is 3.47. The normalized spacial score (nSPS) is 20.4. The highest BCUT2D eigenvalue weighted by Gasteiger charge is 2.55. The third-order valence-electron chi connectivity index (χ3n) is 5.02. The second-order valence-corrected chi connectivity index (χ2v) is 7.47. The largest absolute Gasteiger partial charge is 0.324 e. The molecule has 2 aliphatic rings. The predicted molar refractivity (Wildman–Crippen MR) is 108 cm³/mol. The monoisotopic (exact) mass is 411 g/mol. The SMILES string of the molecule is Cc1ccc(NC(=O)CN2N=NC3C(=O)N(c4cccc(Cl)c4)C(=O)C32)cc1C. The molecule has 0 saturated carbocycles. The molecule has 2 aliphatic heterocycles. The summed E-state index contributed by atoms with van der Waals surface area (Å²) in [4.78, 5) is 39.1. The van der Waals surface area contributed by atoms with Crippen molar-refractivity contribution in [2.24, 2.45) is 10.3 Å². The molecule has 9 heteroatoms. The first-order valence-corrected chi connectivity index (χ1v) is 9.41. The Morgan fingerprint density at radius 2 is 1.90 bits per heavy atom. The van der Waals surface area contributed by atoms with Crippen LogP contribution in [0, 0.1) is 13.8 Å². The molecule has 0 bridgehead atoms. The van der Waals surface area contributed by atoms with Gasteiger partial charge in [0.15, 0.2) is 12.1 Å². The molecule has 1 fully saturated rings. The van der Waals surface area contributed by atoms with E-state index in [9.17, 15) is 14.4 Å². The van der Waals surface area contributed by atoms with Gasteiger partial charge in [0.2, 0.25) is 5.91 Å². The molecule has 2 aromatic rings. The van der Waals surface area contributed by atoms with Crippen LogP contribution in [0.5, 0.6) is 0 Å². The average Bonchev–Trinajstić information content (AvgIpc) is 3.18. The first-order valence-electron chi connectivity index (χ1n) is 9.03. The second-order valence-electron chi connectivity index (χ2n) is 7.03. The van der Waals surface area contributed by atoms with Gasteiger partial charge < -0.3 is 5.32 Å². The highest BCUT2D eigenvalue weighted by Crippen LogP contribution is 2.32. The molecule has 2 unspecified atom stereocenters. The van der Waals surface area contributed by atoms with E-state index in [4.69, 9.17) is 11.6 Å². The second kappa shape index (κ2) is 7.29. The first kappa shape index (κ1) is 19.1. The molecule has 3 amide bonds. The highest BCUT2D eigenvalue weighted by atomic mass is 35.5. The quantitative estimate of drug-likeness (QED) is 0.782. The predicted octanol–water partition coefficient (Wildman–Crippen LogP) is 2.89. The minimum Gasteiger partial charge on any atom is -0.324 e. The average molecular weight is 412 g/mol. The molecule has 8 nitrogen and oxygen atoms in total. The molecule has 0 aliphatic carbocycles. The molecule has 29 heavy (non-hydrogen) atoms. The van der Waals surface area contributed by atoms with Crippen molar-refractivity contribution in [2.75, 3.05) is 16.8 Å². The number of halogens is 1. The van der Waals surface area contributed by atoms with Crippen LogP contribution in [0.15, 0.2) is 52.8 Å². The van der Waals surface area contributed by atoms with Gasteiger partial charge in [-0.15, -0.1) is 0 Å². The fraction of sp³-hybridized carbons (Fsp3) is 0.250. The van der Waals surface area contributed by atoms with Crippen LogP contribution < -0.4 is 10.2 Å². The lowest BCUT2D eigenvalue weighted by molar-refractivity contribution is -0.123. The number of nitrogens with one attached hydrogen (secondary N) is 1. The lowest BCUT2D eigenvalue weighted by Gasteiger charge is -2.20. The Hall–Kier alpha value is -3.26. The van der Waals surface area contributed by atoms with Crippen LogP contribution >= 0.6 is 11.6 Å². The van der Waals surface area contributed by atoms with Gasteiger partial charge in [-0.3, -0.25) is 19.4 Å². The molecule has 0 spiro atoms. The van der Waals surface area contributed by atoms with E-state index in [2.05, 4.69) is 15.7 Å². The Morgan fingerprint density at radius 1 is 1.10 bits per heavy atom. The van der Waals surface area contributed by atoms with E-state index >= 15 is 0 Å². The van der Waals surface area contributed by atoms with Crippen molar-refractivity contribution < 1.29 is 14.4 Å².